The van der Waals surface area contributed by atoms with Crippen LogP contribution < -0.4 is 10.6 Å². The Morgan fingerprint density at radius 2 is 1.15 bits per heavy atom. The first-order valence-electron chi connectivity index (χ1n) is 8.24. The van der Waals surface area contributed by atoms with Crippen LogP contribution in [0.2, 0.25) is 0 Å². The second kappa shape index (κ2) is 9.05. The third-order valence-electron chi connectivity index (χ3n) is 3.99. The summed E-state index contributed by atoms with van der Waals surface area (Å²) in [5.74, 6) is -0.287. The molecule has 0 saturated carbocycles. The Bertz CT molecular complexity index is 796. The van der Waals surface area contributed by atoms with Crippen molar-refractivity contribution in [3.8, 4) is 12.1 Å². The lowest BCUT2D eigenvalue weighted by molar-refractivity contribution is 0.918. The van der Waals surface area contributed by atoms with Gasteiger partial charge in [-0.05, 0) is 47.2 Å². The van der Waals surface area contributed by atoms with E-state index in [2.05, 4.69) is 22.8 Å². The molecule has 26 heavy (non-hydrogen) atoms. The molecule has 0 bridgehead atoms. The highest BCUT2D eigenvalue weighted by molar-refractivity contribution is 7.10. The molecule has 0 aliphatic carbocycles. The molecule has 3 rings (SSSR count). The number of hydrogen-bond donors (Lipinski definition) is 2. The first kappa shape index (κ1) is 18.0. The first-order chi connectivity index (χ1) is 12.8. The van der Waals surface area contributed by atoms with Gasteiger partial charge in [-0.15, -0.1) is 22.7 Å². The molecule has 0 saturated heterocycles. The molecule has 0 spiro atoms. The van der Waals surface area contributed by atoms with Crippen LogP contribution in [-0.2, 0) is 0 Å². The number of anilines is 2. The van der Waals surface area contributed by atoms with Gasteiger partial charge < -0.3 is 10.6 Å². The number of rotatable bonds is 8. The molecule has 4 nitrogen and oxygen atoms in total. The minimum Gasteiger partial charge on any atom is -0.383 e. The van der Waals surface area contributed by atoms with Crippen LogP contribution in [0, 0.1) is 22.7 Å². The number of benzene rings is 1. The van der Waals surface area contributed by atoms with E-state index in [1.165, 1.54) is 0 Å². The maximum atomic E-state index is 9.32. The van der Waals surface area contributed by atoms with Crippen molar-refractivity contribution < 1.29 is 0 Å². The number of nitrogens with one attached hydrogen (secondary N) is 2. The van der Waals surface area contributed by atoms with E-state index < -0.39 is 0 Å². The number of thiophene rings is 2. The first-order valence-corrected chi connectivity index (χ1v) is 10.00. The van der Waals surface area contributed by atoms with E-state index in [1.54, 1.807) is 22.7 Å². The zero-order valence-corrected chi connectivity index (χ0v) is 15.7. The molecule has 6 heteroatoms. The lowest BCUT2D eigenvalue weighted by atomic mass is 10.1. The summed E-state index contributed by atoms with van der Waals surface area (Å²) in [6.45, 7) is 1.16. The number of hydrogen-bond acceptors (Lipinski definition) is 6. The van der Waals surface area contributed by atoms with Crippen LogP contribution in [-0.4, -0.2) is 13.1 Å². The Morgan fingerprint density at radius 1 is 0.731 bits per heavy atom. The van der Waals surface area contributed by atoms with Gasteiger partial charge in [-0.2, -0.15) is 10.5 Å². The van der Waals surface area contributed by atoms with Crippen LogP contribution in [0.15, 0.2) is 59.3 Å². The molecule has 130 valence electrons. The molecule has 3 aromatic rings. The van der Waals surface area contributed by atoms with E-state index in [9.17, 15) is 10.5 Å². The summed E-state index contributed by atoms with van der Waals surface area (Å²) in [5, 5.41) is 29.3. The molecule has 0 aliphatic heterocycles. The van der Waals surface area contributed by atoms with Crippen molar-refractivity contribution in [2.75, 3.05) is 23.7 Å². The third-order valence-corrected chi connectivity index (χ3v) is 5.96. The molecule has 0 amide bonds. The van der Waals surface area contributed by atoms with Gasteiger partial charge in [0.2, 0.25) is 0 Å². The van der Waals surface area contributed by atoms with Crippen molar-refractivity contribution in [2.45, 2.75) is 11.8 Å². The van der Waals surface area contributed by atoms with Crippen LogP contribution >= 0.6 is 22.7 Å². The van der Waals surface area contributed by atoms with E-state index in [0.717, 1.165) is 21.1 Å². The molecular formula is C20H18N4S2. The van der Waals surface area contributed by atoms with Gasteiger partial charge in [-0.1, -0.05) is 12.1 Å². The van der Waals surface area contributed by atoms with Gasteiger partial charge in [0.15, 0.2) is 0 Å². The summed E-state index contributed by atoms with van der Waals surface area (Å²) < 4.78 is 0. The lowest BCUT2D eigenvalue weighted by Gasteiger charge is -2.13. The van der Waals surface area contributed by atoms with Gasteiger partial charge in [0.25, 0.3) is 0 Å². The average Bonchev–Trinajstić information content (AvgIpc) is 3.38. The normalized spacial score (nSPS) is 12.5. The van der Waals surface area contributed by atoms with Crippen molar-refractivity contribution in [3.63, 3.8) is 0 Å². The highest BCUT2D eigenvalue weighted by Crippen LogP contribution is 2.23. The van der Waals surface area contributed by atoms with Crippen LogP contribution in [0.25, 0.3) is 0 Å². The summed E-state index contributed by atoms with van der Waals surface area (Å²) >= 11 is 3.21. The molecule has 2 heterocycles. The Morgan fingerprint density at radius 3 is 1.46 bits per heavy atom. The molecule has 2 N–H and O–H groups in total. The summed E-state index contributed by atoms with van der Waals surface area (Å²) in [7, 11) is 0. The molecule has 2 unspecified atom stereocenters. The largest absolute Gasteiger partial charge is 0.383 e. The van der Waals surface area contributed by atoms with Crippen molar-refractivity contribution in [2.24, 2.45) is 0 Å². The lowest BCUT2D eigenvalue weighted by Crippen LogP contribution is -2.11. The fourth-order valence-corrected chi connectivity index (χ4v) is 4.09. The molecular weight excluding hydrogens is 360 g/mol. The smallest absolute Gasteiger partial charge is 0.0977 e. The van der Waals surface area contributed by atoms with Crippen LogP contribution in [0.4, 0.5) is 11.4 Å². The van der Waals surface area contributed by atoms with Crippen LogP contribution in [0.1, 0.15) is 21.6 Å². The Balaban J connectivity index is 1.52. The fourth-order valence-electron chi connectivity index (χ4n) is 2.54. The summed E-state index contributed by atoms with van der Waals surface area (Å²) in [6, 6.07) is 20.5. The van der Waals surface area contributed by atoms with Gasteiger partial charge in [0.1, 0.15) is 0 Å². The molecule has 0 radical (unpaired) electrons. The predicted octanol–water partition coefficient (Wildman–Crippen LogP) is 5.25. The van der Waals surface area contributed by atoms with Gasteiger partial charge in [-0.3, -0.25) is 0 Å². The van der Waals surface area contributed by atoms with E-state index in [0.29, 0.717) is 13.1 Å². The number of nitrogens with zero attached hydrogens (tertiary/aromatic N) is 2. The average molecular weight is 379 g/mol. The minimum atomic E-state index is -0.144. The van der Waals surface area contributed by atoms with Crippen LogP contribution in [0.3, 0.4) is 0 Å². The quantitative estimate of drug-likeness (QED) is 0.562. The standard InChI is InChI=1S/C20H18N4S2/c21-11-15(19-3-1-9-25-19)13-23-17-5-7-18(8-6-17)24-14-16(12-22)20-4-2-10-26-20/h1-10,15-16,23-24H,13-14H2. The molecule has 2 atom stereocenters. The van der Waals surface area contributed by atoms with Crippen molar-refractivity contribution in [3.05, 3.63) is 69.0 Å². The zero-order chi connectivity index (χ0) is 18.2. The third kappa shape index (κ3) is 4.64. The maximum Gasteiger partial charge on any atom is 0.0977 e. The Hall–Kier alpha value is -2.80. The topological polar surface area (TPSA) is 71.6 Å². The van der Waals surface area contributed by atoms with Crippen molar-refractivity contribution in [1.82, 2.24) is 0 Å². The zero-order valence-electron chi connectivity index (χ0n) is 14.1. The van der Waals surface area contributed by atoms with E-state index in [1.807, 2.05) is 59.3 Å². The van der Waals surface area contributed by atoms with Gasteiger partial charge in [-0.25, -0.2) is 0 Å². The molecule has 1 aromatic carbocycles. The van der Waals surface area contributed by atoms with E-state index in [4.69, 9.17) is 0 Å². The van der Waals surface area contributed by atoms with Crippen molar-refractivity contribution in [1.29, 1.82) is 10.5 Å². The Labute approximate surface area is 161 Å². The van der Waals surface area contributed by atoms with Crippen LogP contribution in [0.5, 0.6) is 0 Å². The monoisotopic (exact) mass is 378 g/mol. The van der Waals surface area contributed by atoms with Crippen molar-refractivity contribution >= 4 is 34.0 Å². The summed E-state index contributed by atoms with van der Waals surface area (Å²) in [6.07, 6.45) is 0. The predicted molar refractivity (Wildman–Crippen MR) is 109 cm³/mol. The highest BCUT2D eigenvalue weighted by atomic mass is 32.1. The van der Waals surface area contributed by atoms with Gasteiger partial charge >= 0.3 is 0 Å². The molecule has 2 aromatic heterocycles. The fraction of sp³-hybridized carbons (Fsp3) is 0.200. The second-order valence-electron chi connectivity index (χ2n) is 5.73. The summed E-state index contributed by atoms with van der Waals surface area (Å²) in [4.78, 5) is 2.16. The minimum absolute atomic E-state index is 0.144. The van der Waals surface area contributed by atoms with Gasteiger partial charge in [0, 0.05) is 34.2 Å². The second-order valence-corrected chi connectivity index (χ2v) is 7.69. The maximum absolute atomic E-state index is 9.32. The number of nitriles is 2. The molecule has 0 fully saturated rings. The van der Waals surface area contributed by atoms with E-state index >= 15 is 0 Å². The highest BCUT2D eigenvalue weighted by Gasteiger charge is 2.12. The summed E-state index contributed by atoms with van der Waals surface area (Å²) in [5.41, 5.74) is 1.95. The Kier molecular flexibility index (Phi) is 6.27. The molecule has 0 aliphatic rings. The van der Waals surface area contributed by atoms with E-state index in [-0.39, 0.29) is 11.8 Å². The van der Waals surface area contributed by atoms with Gasteiger partial charge in [0.05, 0.1) is 24.0 Å². The SMILES string of the molecule is N#CC(CNc1ccc(NCC(C#N)c2cccs2)cc1)c1cccs1.